The summed E-state index contributed by atoms with van der Waals surface area (Å²) in [5.74, 6) is 0. The maximum absolute atomic E-state index is 11.4. The second-order valence-electron chi connectivity index (χ2n) is 3.38. The zero-order chi connectivity index (χ0) is 12.0. The molecule has 0 aliphatic rings. The molecular weight excluding hydrogens is 228 g/mol. The molecule has 0 fully saturated rings. The first kappa shape index (κ1) is 12.8. The minimum absolute atomic E-state index is 0.229. The number of rotatable bonds is 4. The predicted molar refractivity (Wildman–Crippen MR) is 64.8 cm³/mol. The first-order valence-electron chi connectivity index (χ1n) is 5.11. The molecule has 0 spiro atoms. The largest absolute Gasteiger partial charge is 0.391 e. The highest BCUT2D eigenvalue weighted by molar-refractivity contribution is 6.33. The van der Waals surface area contributed by atoms with Crippen LogP contribution >= 0.6 is 11.6 Å². The Morgan fingerprint density at radius 3 is 2.81 bits per heavy atom. The molecule has 16 heavy (non-hydrogen) atoms. The van der Waals surface area contributed by atoms with Crippen LogP contribution in [0.1, 0.15) is 13.3 Å². The molecule has 1 aromatic carbocycles. The van der Waals surface area contributed by atoms with Crippen LogP contribution in [0.4, 0.5) is 10.5 Å². The van der Waals surface area contributed by atoms with E-state index in [2.05, 4.69) is 10.6 Å². The van der Waals surface area contributed by atoms with Gasteiger partial charge >= 0.3 is 6.03 Å². The number of carbonyl (C=O) groups excluding carboxylic acids is 1. The van der Waals surface area contributed by atoms with Crippen LogP contribution in [-0.4, -0.2) is 23.8 Å². The number of hydrogen-bond donors (Lipinski definition) is 3. The fraction of sp³-hybridized carbons (Fsp3) is 0.364. The van der Waals surface area contributed by atoms with Crippen molar-refractivity contribution in [2.45, 2.75) is 19.4 Å². The van der Waals surface area contributed by atoms with Crippen LogP contribution in [0.3, 0.4) is 0 Å². The molecule has 0 aliphatic carbocycles. The zero-order valence-electron chi connectivity index (χ0n) is 9.03. The number of halogens is 1. The molecule has 88 valence electrons. The molecule has 0 saturated heterocycles. The van der Waals surface area contributed by atoms with Gasteiger partial charge in [-0.2, -0.15) is 0 Å². The Balaban J connectivity index is 2.43. The van der Waals surface area contributed by atoms with Gasteiger partial charge < -0.3 is 15.7 Å². The molecule has 4 nitrogen and oxygen atoms in total. The quantitative estimate of drug-likeness (QED) is 0.758. The topological polar surface area (TPSA) is 61.4 Å². The maximum atomic E-state index is 11.4. The van der Waals surface area contributed by atoms with Crippen LogP contribution in [0, 0.1) is 0 Å². The van der Waals surface area contributed by atoms with Crippen molar-refractivity contribution in [3.05, 3.63) is 29.3 Å². The average Bonchev–Trinajstić information content (AvgIpc) is 2.29. The molecule has 1 atom stereocenters. The van der Waals surface area contributed by atoms with E-state index in [4.69, 9.17) is 11.6 Å². The fourth-order valence-corrected chi connectivity index (χ4v) is 1.27. The molecule has 0 heterocycles. The normalized spacial score (nSPS) is 11.9. The van der Waals surface area contributed by atoms with Gasteiger partial charge in [-0.05, 0) is 18.6 Å². The van der Waals surface area contributed by atoms with Crippen molar-refractivity contribution in [3.8, 4) is 0 Å². The third-order valence-corrected chi connectivity index (χ3v) is 2.42. The van der Waals surface area contributed by atoms with Gasteiger partial charge in [0.05, 0.1) is 16.8 Å². The van der Waals surface area contributed by atoms with Crippen molar-refractivity contribution in [2.75, 3.05) is 11.9 Å². The number of benzene rings is 1. The highest BCUT2D eigenvalue weighted by Gasteiger charge is 2.06. The van der Waals surface area contributed by atoms with Gasteiger partial charge in [-0.1, -0.05) is 30.7 Å². The number of aliphatic hydroxyl groups excluding tert-OH is 1. The van der Waals surface area contributed by atoms with Crippen molar-refractivity contribution in [2.24, 2.45) is 0 Å². The van der Waals surface area contributed by atoms with E-state index in [9.17, 15) is 9.90 Å². The van der Waals surface area contributed by atoms with E-state index in [-0.39, 0.29) is 12.6 Å². The molecule has 1 rings (SSSR count). The smallest absolute Gasteiger partial charge is 0.319 e. The van der Waals surface area contributed by atoms with Gasteiger partial charge in [0.25, 0.3) is 0 Å². The number of anilines is 1. The van der Waals surface area contributed by atoms with Crippen molar-refractivity contribution < 1.29 is 9.90 Å². The molecule has 1 aromatic rings. The van der Waals surface area contributed by atoms with E-state index in [0.717, 1.165) is 0 Å². The van der Waals surface area contributed by atoms with Gasteiger partial charge in [-0.3, -0.25) is 0 Å². The summed E-state index contributed by atoms with van der Waals surface area (Å²) in [5, 5.41) is 14.9. The highest BCUT2D eigenvalue weighted by atomic mass is 35.5. The van der Waals surface area contributed by atoms with Crippen molar-refractivity contribution in [1.29, 1.82) is 0 Å². The summed E-state index contributed by atoms with van der Waals surface area (Å²) in [6.07, 6.45) is 0.0869. The minimum Gasteiger partial charge on any atom is -0.391 e. The summed E-state index contributed by atoms with van der Waals surface area (Å²) in [4.78, 5) is 11.4. The molecule has 0 bridgehead atoms. The Morgan fingerprint density at radius 1 is 1.50 bits per heavy atom. The van der Waals surface area contributed by atoms with Crippen molar-refractivity contribution in [1.82, 2.24) is 5.32 Å². The van der Waals surface area contributed by atoms with E-state index in [1.807, 2.05) is 6.92 Å². The summed E-state index contributed by atoms with van der Waals surface area (Å²) in [6, 6.07) is 6.59. The molecule has 1 unspecified atom stereocenters. The molecule has 0 radical (unpaired) electrons. The van der Waals surface area contributed by atoms with Crippen LogP contribution in [0.5, 0.6) is 0 Å². The summed E-state index contributed by atoms with van der Waals surface area (Å²) < 4.78 is 0. The van der Waals surface area contributed by atoms with Crippen LogP contribution in [0.2, 0.25) is 5.02 Å². The molecule has 5 heteroatoms. The molecule has 0 saturated carbocycles. The zero-order valence-corrected chi connectivity index (χ0v) is 9.79. The summed E-state index contributed by atoms with van der Waals surface area (Å²) >= 11 is 5.87. The van der Waals surface area contributed by atoms with Crippen molar-refractivity contribution >= 4 is 23.3 Å². The van der Waals surface area contributed by atoms with E-state index in [0.29, 0.717) is 17.1 Å². The monoisotopic (exact) mass is 242 g/mol. The SMILES string of the molecule is CCC(O)CNC(=O)Nc1ccccc1Cl. The lowest BCUT2D eigenvalue weighted by Gasteiger charge is -2.11. The Hall–Kier alpha value is -1.26. The minimum atomic E-state index is -0.517. The van der Waals surface area contributed by atoms with Crippen LogP contribution in [-0.2, 0) is 0 Å². The number of para-hydroxylation sites is 1. The Labute approximate surface area is 99.6 Å². The van der Waals surface area contributed by atoms with E-state index in [1.165, 1.54) is 0 Å². The predicted octanol–water partition coefficient (Wildman–Crippen LogP) is 2.23. The Morgan fingerprint density at radius 2 is 2.19 bits per heavy atom. The molecule has 2 amide bonds. The number of carbonyl (C=O) groups is 1. The molecule has 0 aromatic heterocycles. The Kier molecular flexibility index (Phi) is 5.08. The van der Waals surface area contributed by atoms with Gasteiger partial charge in [-0.15, -0.1) is 0 Å². The van der Waals surface area contributed by atoms with Gasteiger partial charge in [0, 0.05) is 6.54 Å². The van der Waals surface area contributed by atoms with Crippen molar-refractivity contribution in [3.63, 3.8) is 0 Å². The number of hydrogen-bond acceptors (Lipinski definition) is 2. The first-order chi connectivity index (χ1) is 7.63. The summed E-state index contributed by atoms with van der Waals surface area (Å²) in [5.41, 5.74) is 0.549. The standard InChI is InChI=1S/C11H15ClN2O2/c1-2-8(15)7-13-11(16)14-10-6-4-3-5-9(10)12/h3-6,8,15H,2,7H2,1H3,(H2,13,14,16). The third kappa shape index (κ3) is 4.08. The summed E-state index contributed by atoms with van der Waals surface area (Å²) in [7, 11) is 0. The lowest BCUT2D eigenvalue weighted by Crippen LogP contribution is -2.35. The van der Waals surface area contributed by atoms with E-state index >= 15 is 0 Å². The van der Waals surface area contributed by atoms with Gasteiger partial charge in [-0.25, -0.2) is 4.79 Å². The summed E-state index contributed by atoms with van der Waals surface area (Å²) in [6.45, 7) is 2.07. The van der Waals surface area contributed by atoms with Gasteiger partial charge in [0.2, 0.25) is 0 Å². The number of aliphatic hydroxyl groups is 1. The lowest BCUT2D eigenvalue weighted by atomic mass is 10.3. The highest BCUT2D eigenvalue weighted by Crippen LogP contribution is 2.19. The third-order valence-electron chi connectivity index (χ3n) is 2.09. The number of amides is 2. The second kappa shape index (κ2) is 6.35. The number of nitrogens with one attached hydrogen (secondary N) is 2. The van der Waals surface area contributed by atoms with Gasteiger partial charge in [0.1, 0.15) is 0 Å². The number of urea groups is 1. The second-order valence-corrected chi connectivity index (χ2v) is 3.78. The molecule has 3 N–H and O–H groups in total. The maximum Gasteiger partial charge on any atom is 0.319 e. The van der Waals surface area contributed by atoms with E-state index < -0.39 is 6.10 Å². The van der Waals surface area contributed by atoms with Gasteiger partial charge in [0.15, 0.2) is 0 Å². The lowest BCUT2D eigenvalue weighted by molar-refractivity contribution is 0.168. The first-order valence-corrected chi connectivity index (χ1v) is 5.48. The molecule has 0 aliphatic heterocycles. The van der Waals surface area contributed by atoms with Crippen LogP contribution < -0.4 is 10.6 Å². The Bertz CT molecular complexity index is 358. The van der Waals surface area contributed by atoms with E-state index in [1.54, 1.807) is 24.3 Å². The fourth-order valence-electron chi connectivity index (χ4n) is 1.08. The molecular formula is C11H15ClN2O2. The van der Waals surface area contributed by atoms with Crippen LogP contribution in [0.15, 0.2) is 24.3 Å². The average molecular weight is 243 g/mol. The van der Waals surface area contributed by atoms with Crippen LogP contribution in [0.25, 0.3) is 0 Å².